The number of likely N-dealkylation sites (tertiary alicyclic amines) is 1. The summed E-state index contributed by atoms with van der Waals surface area (Å²) in [7, 11) is 2.18. The van der Waals surface area contributed by atoms with Crippen LogP contribution >= 0.6 is 0 Å². The van der Waals surface area contributed by atoms with Crippen LogP contribution in [0.5, 0.6) is 0 Å². The molecule has 2 heterocycles. The zero-order valence-corrected chi connectivity index (χ0v) is 9.53. The van der Waals surface area contributed by atoms with Crippen LogP contribution < -0.4 is 5.32 Å². The third-order valence-electron chi connectivity index (χ3n) is 2.96. The second kappa shape index (κ2) is 4.73. The fourth-order valence-electron chi connectivity index (χ4n) is 1.97. The number of likely N-dealkylation sites (N-methyl/N-ethyl adjacent to an activating group) is 1. The van der Waals surface area contributed by atoms with Crippen molar-refractivity contribution in [3.8, 4) is 0 Å². The van der Waals surface area contributed by atoms with Gasteiger partial charge < -0.3 is 10.2 Å². The largest absolute Gasteiger partial charge is 0.309 e. The maximum atomic E-state index is 4.29. The lowest BCUT2D eigenvalue weighted by Crippen LogP contribution is -2.30. The highest BCUT2D eigenvalue weighted by molar-refractivity contribution is 5.12. The van der Waals surface area contributed by atoms with Crippen LogP contribution in [0.15, 0.2) is 18.3 Å². The highest BCUT2D eigenvalue weighted by atomic mass is 15.2. The molecule has 82 valence electrons. The normalized spacial score (nSPS) is 22.1. The van der Waals surface area contributed by atoms with Gasteiger partial charge in [-0.1, -0.05) is 6.07 Å². The molecule has 0 aliphatic carbocycles. The molecular weight excluding hydrogens is 186 g/mol. The van der Waals surface area contributed by atoms with E-state index in [-0.39, 0.29) is 0 Å². The molecule has 1 N–H and O–H groups in total. The number of aromatic nitrogens is 1. The van der Waals surface area contributed by atoms with E-state index < -0.39 is 0 Å². The van der Waals surface area contributed by atoms with Crippen molar-refractivity contribution in [1.82, 2.24) is 15.2 Å². The first-order valence-corrected chi connectivity index (χ1v) is 5.57. The van der Waals surface area contributed by atoms with E-state index in [0.29, 0.717) is 6.04 Å². The lowest BCUT2D eigenvalue weighted by Gasteiger charge is -2.12. The van der Waals surface area contributed by atoms with Gasteiger partial charge in [-0.05, 0) is 38.6 Å². The van der Waals surface area contributed by atoms with Crippen LogP contribution in [0.2, 0.25) is 0 Å². The van der Waals surface area contributed by atoms with E-state index in [4.69, 9.17) is 0 Å². The summed E-state index contributed by atoms with van der Waals surface area (Å²) >= 11 is 0. The Morgan fingerprint density at radius 2 is 2.40 bits per heavy atom. The Morgan fingerprint density at radius 1 is 1.53 bits per heavy atom. The monoisotopic (exact) mass is 205 g/mol. The van der Waals surface area contributed by atoms with Crippen molar-refractivity contribution in [1.29, 1.82) is 0 Å². The van der Waals surface area contributed by atoms with E-state index in [1.807, 2.05) is 13.1 Å². The minimum absolute atomic E-state index is 0.649. The molecule has 3 heteroatoms. The molecule has 0 aromatic carbocycles. The third-order valence-corrected chi connectivity index (χ3v) is 2.96. The second-order valence-electron chi connectivity index (χ2n) is 4.44. The van der Waals surface area contributed by atoms with Crippen molar-refractivity contribution < 1.29 is 0 Å². The number of nitrogens with one attached hydrogen (secondary N) is 1. The van der Waals surface area contributed by atoms with E-state index in [1.165, 1.54) is 25.1 Å². The molecule has 1 unspecified atom stereocenters. The first-order chi connectivity index (χ1) is 7.24. The summed E-state index contributed by atoms with van der Waals surface area (Å²) in [6.45, 7) is 5.33. The fourth-order valence-corrected chi connectivity index (χ4v) is 1.97. The van der Waals surface area contributed by atoms with Gasteiger partial charge in [-0.15, -0.1) is 0 Å². The van der Waals surface area contributed by atoms with Gasteiger partial charge in [0.25, 0.3) is 0 Å². The third kappa shape index (κ3) is 3.01. The van der Waals surface area contributed by atoms with E-state index in [1.54, 1.807) is 0 Å². The molecular formula is C12H19N3. The van der Waals surface area contributed by atoms with Crippen LogP contribution in [-0.2, 0) is 6.54 Å². The number of nitrogens with zero attached hydrogens (tertiary/aromatic N) is 2. The number of hydrogen-bond donors (Lipinski definition) is 1. The minimum Gasteiger partial charge on any atom is -0.309 e. The average molecular weight is 205 g/mol. The molecule has 0 bridgehead atoms. The molecule has 1 fully saturated rings. The standard InChI is InChI=1S/C12H19N3/c1-10-3-4-11(7-13-10)8-14-12-5-6-15(2)9-12/h3-4,7,12,14H,5-6,8-9H2,1-2H3. The Hall–Kier alpha value is -0.930. The molecule has 1 aliphatic heterocycles. The molecule has 1 atom stereocenters. The summed E-state index contributed by atoms with van der Waals surface area (Å²) < 4.78 is 0. The summed E-state index contributed by atoms with van der Waals surface area (Å²) in [6.07, 6.45) is 3.22. The van der Waals surface area contributed by atoms with E-state index in [9.17, 15) is 0 Å². The molecule has 0 amide bonds. The first-order valence-electron chi connectivity index (χ1n) is 5.57. The Morgan fingerprint density at radius 3 is 3.00 bits per heavy atom. The predicted molar refractivity (Wildman–Crippen MR) is 61.7 cm³/mol. The van der Waals surface area contributed by atoms with Crippen LogP contribution in [0.1, 0.15) is 17.7 Å². The summed E-state index contributed by atoms with van der Waals surface area (Å²) in [5, 5.41) is 3.57. The van der Waals surface area contributed by atoms with Crippen LogP contribution in [0.3, 0.4) is 0 Å². The van der Waals surface area contributed by atoms with Crippen molar-refractivity contribution in [2.24, 2.45) is 0 Å². The van der Waals surface area contributed by atoms with Crippen molar-refractivity contribution >= 4 is 0 Å². The molecule has 1 aromatic rings. The lowest BCUT2D eigenvalue weighted by molar-refractivity contribution is 0.397. The van der Waals surface area contributed by atoms with Gasteiger partial charge >= 0.3 is 0 Å². The van der Waals surface area contributed by atoms with Gasteiger partial charge in [0, 0.05) is 31.0 Å². The van der Waals surface area contributed by atoms with Crippen LogP contribution in [0, 0.1) is 6.92 Å². The summed E-state index contributed by atoms with van der Waals surface area (Å²) in [4.78, 5) is 6.66. The van der Waals surface area contributed by atoms with E-state index in [0.717, 1.165) is 12.2 Å². The Balaban J connectivity index is 1.80. The number of aryl methyl sites for hydroxylation is 1. The summed E-state index contributed by atoms with van der Waals surface area (Å²) in [6, 6.07) is 4.86. The zero-order valence-electron chi connectivity index (χ0n) is 9.53. The molecule has 0 spiro atoms. The van der Waals surface area contributed by atoms with Gasteiger partial charge in [-0.25, -0.2) is 0 Å². The van der Waals surface area contributed by atoms with Crippen molar-refractivity contribution in [3.05, 3.63) is 29.6 Å². The van der Waals surface area contributed by atoms with Crippen molar-refractivity contribution in [2.75, 3.05) is 20.1 Å². The maximum Gasteiger partial charge on any atom is 0.0372 e. The number of hydrogen-bond acceptors (Lipinski definition) is 3. The van der Waals surface area contributed by atoms with Gasteiger partial charge in [-0.3, -0.25) is 4.98 Å². The quantitative estimate of drug-likeness (QED) is 0.803. The van der Waals surface area contributed by atoms with Gasteiger partial charge in [0.2, 0.25) is 0 Å². The molecule has 1 aliphatic rings. The molecule has 3 nitrogen and oxygen atoms in total. The highest BCUT2D eigenvalue weighted by Crippen LogP contribution is 2.07. The van der Waals surface area contributed by atoms with Gasteiger partial charge in [-0.2, -0.15) is 0 Å². The molecule has 1 saturated heterocycles. The smallest absolute Gasteiger partial charge is 0.0372 e. The molecule has 1 aromatic heterocycles. The van der Waals surface area contributed by atoms with Crippen molar-refractivity contribution in [2.45, 2.75) is 25.9 Å². The number of rotatable bonds is 3. The predicted octanol–water partition coefficient (Wildman–Crippen LogP) is 1.18. The molecule has 15 heavy (non-hydrogen) atoms. The topological polar surface area (TPSA) is 28.2 Å². The van der Waals surface area contributed by atoms with Gasteiger partial charge in [0.15, 0.2) is 0 Å². The minimum atomic E-state index is 0.649. The Kier molecular flexibility index (Phi) is 3.34. The second-order valence-corrected chi connectivity index (χ2v) is 4.44. The Labute approximate surface area is 91.5 Å². The number of pyridine rings is 1. The van der Waals surface area contributed by atoms with Crippen molar-refractivity contribution in [3.63, 3.8) is 0 Å². The van der Waals surface area contributed by atoms with E-state index in [2.05, 4.69) is 34.4 Å². The fraction of sp³-hybridized carbons (Fsp3) is 0.583. The lowest BCUT2D eigenvalue weighted by atomic mass is 10.2. The summed E-state index contributed by atoms with van der Waals surface area (Å²) in [5.74, 6) is 0. The highest BCUT2D eigenvalue weighted by Gasteiger charge is 2.18. The Bertz CT molecular complexity index is 307. The first kappa shape index (κ1) is 10.6. The van der Waals surface area contributed by atoms with Crippen LogP contribution in [-0.4, -0.2) is 36.1 Å². The average Bonchev–Trinajstić information content (AvgIpc) is 2.64. The van der Waals surface area contributed by atoms with Gasteiger partial charge in [0.1, 0.15) is 0 Å². The maximum absolute atomic E-state index is 4.29. The molecule has 0 saturated carbocycles. The zero-order chi connectivity index (χ0) is 10.7. The molecule has 2 rings (SSSR count). The van der Waals surface area contributed by atoms with Crippen LogP contribution in [0.4, 0.5) is 0 Å². The summed E-state index contributed by atoms with van der Waals surface area (Å²) in [5.41, 5.74) is 2.36. The van der Waals surface area contributed by atoms with Gasteiger partial charge in [0.05, 0.1) is 0 Å². The van der Waals surface area contributed by atoms with Crippen LogP contribution in [0.25, 0.3) is 0 Å². The van der Waals surface area contributed by atoms with E-state index >= 15 is 0 Å². The SMILES string of the molecule is Cc1ccc(CNC2CCN(C)C2)cn1. The molecule has 0 radical (unpaired) electrons.